The number of halogens is 1. The van der Waals surface area contributed by atoms with Crippen molar-refractivity contribution in [3.63, 3.8) is 0 Å². The summed E-state index contributed by atoms with van der Waals surface area (Å²) in [6.07, 6.45) is 6.86. The number of carbonyl (C=O) groups is 2. The Morgan fingerprint density at radius 1 is 1.28 bits per heavy atom. The number of carbonyl (C=O) groups excluding carboxylic acids is 2. The van der Waals surface area contributed by atoms with Gasteiger partial charge in [0.25, 0.3) is 0 Å². The second kappa shape index (κ2) is 8.38. The number of aromatic nitrogens is 3. The molecule has 0 radical (unpaired) electrons. The molecule has 3 heterocycles. The van der Waals surface area contributed by atoms with Crippen LogP contribution in [0, 0.1) is 11.7 Å². The second-order valence-corrected chi connectivity index (χ2v) is 7.20. The van der Waals surface area contributed by atoms with Crippen LogP contribution in [0.2, 0.25) is 0 Å². The first-order valence-electron chi connectivity index (χ1n) is 9.67. The molecule has 2 amide bonds. The molecule has 1 N–H and O–H groups in total. The van der Waals surface area contributed by atoms with E-state index in [0.29, 0.717) is 43.7 Å². The summed E-state index contributed by atoms with van der Waals surface area (Å²) < 4.78 is 15.7. The van der Waals surface area contributed by atoms with Crippen molar-refractivity contribution in [3.8, 4) is 0 Å². The molecular formula is C21H22FN5O2. The highest BCUT2D eigenvalue weighted by atomic mass is 19.1. The summed E-state index contributed by atoms with van der Waals surface area (Å²) in [6, 6.07) is 8.23. The molecular weight excluding hydrogens is 373 g/mol. The topological polar surface area (TPSA) is 79.6 Å². The van der Waals surface area contributed by atoms with Crippen LogP contribution in [-0.4, -0.2) is 44.2 Å². The molecule has 3 aromatic rings. The Bertz CT molecular complexity index is 1000. The van der Waals surface area contributed by atoms with Gasteiger partial charge in [-0.05, 0) is 18.6 Å². The van der Waals surface area contributed by atoms with E-state index in [0.717, 1.165) is 5.69 Å². The highest BCUT2D eigenvalue weighted by molar-refractivity contribution is 5.83. The smallest absolute Gasteiger partial charge is 0.233 e. The number of amides is 2. The number of nitrogens with zero attached hydrogens (tertiary/aromatic N) is 4. The molecule has 8 heteroatoms. The summed E-state index contributed by atoms with van der Waals surface area (Å²) in [7, 11) is 0. The zero-order valence-electron chi connectivity index (χ0n) is 15.9. The highest BCUT2D eigenvalue weighted by Gasteiger charge is 2.30. The molecule has 7 nitrogen and oxygen atoms in total. The van der Waals surface area contributed by atoms with Gasteiger partial charge < -0.3 is 10.2 Å². The van der Waals surface area contributed by atoms with Crippen LogP contribution in [0.25, 0.3) is 5.78 Å². The summed E-state index contributed by atoms with van der Waals surface area (Å²) in [5.74, 6) is -0.133. The summed E-state index contributed by atoms with van der Waals surface area (Å²) >= 11 is 0. The van der Waals surface area contributed by atoms with E-state index in [-0.39, 0.29) is 30.1 Å². The Morgan fingerprint density at radius 3 is 2.97 bits per heavy atom. The minimum Gasteiger partial charge on any atom is -0.355 e. The van der Waals surface area contributed by atoms with E-state index < -0.39 is 0 Å². The average molecular weight is 395 g/mol. The van der Waals surface area contributed by atoms with Crippen LogP contribution in [0.5, 0.6) is 0 Å². The van der Waals surface area contributed by atoms with Crippen LogP contribution >= 0.6 is 0 Å². The monoisotopic (exact) mass is 395 g/mol. The quantitative estimate of drug-likeness (QED) is 0.692. The van der Waals surface area contributed by atoms with Gasteiger partial charge in [0.15, 0.2) is 0 Å². The van der Waals surface area contributed by atoms with E-state index in [4.69, 9.17) is 0 Å². The lowest BCUT2D eigenvalue weighted by Gasteiger charge is -2.32. The first-order chi connectivity index (χ1) is 14.1. The number of hydrogen-bond acceptors (Lipinski definition) is 4. The minimum atomic E-state index is -0.339. The standard InChI is InChI=1S/C21H22FN5O2/c22-18-5-2-1-4-15(18)12-27-13-16(6-7-19(27)28)20(29)23-10-8-17-14-26-11-3-9-24-21(26)25-17/h1-5,9,11,14,16H,6-8,10,12-13H2,(H,23,29). The third-order valence-electron chi connectivity index (χ3n) is 5.16. The Hall–Kier alpha value is -3.29. The predicted molar refractivity (Wildman–Crippen MR) is 104 cm³/mol. The maximum absolute atomic E-state index is 13.9. The maximum atomic E-state index is 13.9. The van der Waals surface area contributed by atoms with Crippen molar-refractivity contribution in [1.29, 1.82) is 0 Å². The number of rotatable bonds is 6. The van der Waals surface area contributed by atoms with E-state index in [2.05, 4.69) is 15.3 Å². The molecule has 0 aliphatic carbocycles. The SMILES string of the molecule is O=C(NCCc1cn2cccnc2n1)C1CCC(=O)N(Cc2ccccc2F)C1. The van der Waals surface area contributed by atoms with E-state index in [9.17, 15) is 14.0 Å². The molecule has 1 atom stereocenters. The lowest BCUT2D eigenvalue weighted by atomic mass is 9.96. The summed E-state index contributed by atoms with van der Waals surface area (Å²) in [5, 5.41) is 2.94. The van der Waals surface area contributed by atoms with Crippen LogP contribution in [0.1, 0.15) is 24.1 Å². The molecule has 1 aliphatic rings. The van der Waals surface area contributed by atoms with Gasteiger partial charge in [0.2, 0.25) is 17.6 Å². The first-order valence-corrected chi connectivity index (χ1v) is 9.67. The molecule has 2 aromatic heterocycles. The van der Waals surface area contributed by atoms with Gasteiger partial charge in [0, 0.05) is 56.6 Å². The van der Waals surface area contributed by atoms with E-state index in [1.54, 1.807) is 29.3 Å². The van der Waals surface area contributed by atoms with Crippen molar-refractivity contribution < 1.29 is 14.0 Å². The molecule has 0 saturated carbocycles. The Labute approximate surface area is 167 Å². The predicted octanol–water partition coefficient (Wildman–Crippen LogP) is 1.97. The third kappa shape index (κ3) is 4.42. The van der Waals surface area contributed by atoms with Crippen molar-refractivity contribution in [1.82, 2.24) is 24.6 Å². The van der Waals surface area contributed by atoms with Gasteiger partial charge in [-0.25, -0.2) is 14.4 Å². The highest BCUT2D eigenvalue weighted by Crippen LogP contribution is 2.21. The second-order valence-electron chi connectivity index (χ2n) is 7.20. The molecule has 29 heavy (non-hydrogen) atoms. The van der Waals surface area contributed by atoms with Crippen LogP contribution in [0.4, 0.5) is 4.39 Å². The zero-order chi connectivity index (χ0) is 20.2. The lowest BCUT2D eigenvalue weighted by Crippen LogP contribution is -2.45. The van der Waals surface area contributed by atoms with Gasteiger partial charge in [0.1, 0.15) is 5.82 Å². The fourth-order valence-electron chi connectivity index (χ4n) is 3.57. The molecule has 0 bridgehead atoms. The third-order valence-corrected chi connectivity index (χ3v) is 5.16. The van der Waals surface area contributed by atoms with Gasteiger partial charge in [-0.1, -0.05) is 18.2 Å². The zero-order valence-corrected chi connectivity index (χ0v) is 15.9. The number of benzene rings is 1. The minimum absolute atomic E-state index is 0.0468. The van der Waals surface area contributed by atoms with Crippen molar-refractivity contribution >= 4 is 17.6 Å². The Kier molecular flexibility index (Phi) is 5.50. The van der Waals surface area contributed by atoms with Crippen molar-refractivity contribution in [2.24, 2.45) is 5.92 Å². The number of fused-ring (bicyclic) bond motifs is 1. The average Bonchev–Trinajstić information content (AvgIpc) is 3.14. The molecule has 0 spiro atoms. The molecule has 150 valence electrons. The van der Waals surface area contributed by atoms with Crippen molar-refractivity contribution in [3.05, 3.63) is 66.0 Å². The summed E-state index contributed by atoms with van der Waals surface area (Å²) in [5.41, 5.74) is 1.31. The van der Waals surface area contributed by atoms with Gasteiger partial charge in [0.05, 0.1) is 11.6 Å². The lowest BCUT2D eigenvalue weighted by molar-refractivity contribution is -0.138. The first kappa shape index (κ1) is 19.0. The fourth-order valence-corrected chi connectivity index (χ4v) is 3.57. The summed E-state index contributed by atoms with van der Waals surface area (Å²) in [6.45, 7) is 0.946. The van der Waals surface area contributed by atoms with E-state index in [1.165, 1.54) is 6.07 Å². The van der Waals surface area contributed by atoms with Crippen molar-refractivity contribution in [2.45, 2.75) is 25.8 Å². The summed E-state index contributed by atoms with van der Waals surface area (Å²) in [4.78, 5) is 34.9. The fraction of sp³-hybridized carbons (Fsp3) is 0.333. The largest absolute Gasteiger partial charge is 0.355 e. The van der Waals surface area contributed by atoms with E-state index in [1.807, 2.05) is 22.9 Å². The molecule has 1 saturated heterocycles. The molecule has 4 rings (SSSR count). The molecule has 1 fully saturated rings. The van der Waals surface area contributed by atoms with Crippen LogP contribution < -0.4 is 5.32 Å². The number of piperidine rings is 1. The number of imidazole rings is 1. The van der Waals surface area contributed by atoms with Crippen molar-refractivity contribution in [2.75, 3.05) is 13.1 Å². The van der Waals surface area contributed by atoms with Gasteiger partial charge in [-0.3, -0.25) is 14.0 Å². The maximum Gasteiger partial charge on any atom is 0.233 e. The number of nitrogens with one attached hydrogen (secondary N) is 1. The normalized spacial score (nSPS) is 16.9. The van der Waals surface area contributed by atoms with Gasteiger partial charge >= 0.3 is 0 Å². The Balaban J connectivity index is 1.31. The molecule has 1 aromatic carbocycles. The van der Waals surface area contributed by atoms with E-state index >= 15 is 0 Å². The van der Waals surface area contributed by atoms with Crippen LogP contribution in [0.3, 0.4) is 0 Å². The Morgan fingerprint density at radius 2 is 2.14 bits per heavy atom. The van der Waals surface area contributed by atoms with Gasteiger partial charge in [-0.15, -0.1) is 0 Å². The number of hydrogen-bond donors (Lipinski definition) is 1. The molecule has 1 unspecified atom stereocenters. The molecule has 1 aliphatic heterocycles. The van der Waals surface area contributed by atoms with Crippen LogP contribution in [0.15, 0.2) is 48.9 Å². The van der Waals surface area contributed by atoms with Crippen LogP contribution in [-0.2, 0) is 22.6 Å². The number of likely N-dealkylation sites (tertiary alicyclic amines) is 1. The van der Waals surface area contributed by atoms with Gasteiger partial charge in [-0.2, -0.15) is 0 Å².